The first-order valence-electron chi connectivity index (χ1n) is 6.90. The summed E-state index contributed by atoms with van der Waals surface area (Å²) in [6.07, 6.45) is 4.25. The Balaban J connectivity index is 2.84. The molecule has 0 aliphatic carbocycles. The molecule has 0 saturated heterocycles. The summed E-state index contributed by atoms with van der Waals surface area (Å²) < 4.78 is 27.9. The van der Waals surface area contributed by atoms with Crippen molar-refractivity contribution in [1.82, 2.24) is 14.1 Å². The van der Waals surface area contributed by atoms with Gasteiger partial charge in [0.15, 0.2) is 0 Å². The lowest BCUT2D eigenvalue weighted by atomic mass is 10.1. The lowest BCUT2D eigenvalue weighted by molar-refractivity contribution is 0.277. The van der Waals surface area contributed by atoms with Gasteiger partial charge >= 0.3 is 0 Å². The van der Waals surface area contributed by atoms with Gasteiger partial charge in [0.2, 0.25) is 10.0 Å². The highest BCUT2D eigenvalue weighted by Crippen LogP contribution is 2.19. The van der Waals surface area contributed by atoms with Gasteiger partial charge in [-0.2, -0.15) is 9.40 Å². The van der Waals surface area contributed by atoms with E-state index in [-0.39, 0.29) is 17.5 Å². The standard InChI is InChI=1S/C13H25N3O3S/c1-11(2)8-12(3)15(4)20(18,19)13-9-14-16(10-13)6-5-7-17/h9-12,17H,5-8H2,1-4H3. The van der Waals surface area contributed by atoms with Crippen LogP contribution in [0.3, 0.4) is 0 Å². The van der Waals surface area contributed by atoms with Crippen molar-refractivity contribution in [3.05, 3.63) is 12.4 Å². The molecular formula is C13H25N3O3S. The summed E-state index contributed by atoms with van der Waals surface area (Å²) in [6, 6.07) is -0.0548. The van der Waals surface area contributed by atoms with Crippen LogP contribution in [0.1, 0.15) is 33.6 Å². The molecule has 0 amide bonds. The van der Waals surface area contributed by atoms with Gasteiger partial charge < -0.3 is 5.11 Å². The van der Waals surface area contributed by atoms with Crippen molar-refractivity contribution in [2.24, 2.45) is 5.92 Å². The summed E-state index contributed by atoms with van der Waals surface area (Å²) in [5.41, 5.74) is 0. The van der Waals surface area contributed by atoms with Crippen molar-refractivity contribution in [3.8, 4) is 0 Å². The predicted octanol–water partition coefficient (Wildman–Crippen LogP) is 1.32. The predicted molar refractivity (Wildman–Crippen MR) is 77.8 cm³/mol. The maximum absolute atomic E-state index is 12.5. The fourth-order valence-electron chi connectivity index (χ4n) is 2.07. The Hall–Kier alpha value is -0.920. The number of rotatable bonds is 8. The average molecular weight is 303 g/mol. The van der Waals surface area contributed by atoms with E-state index in [9.17, 15) is 8.42 Å². The Morgan fingerprint density at radius 1 is 1.40 bits per heavy atom. The molecule has 1 N–H and O–H groups in total. The molecular weight excluding hydrogens is 278 g/mol. The zero-order valence-electron chi connectivity index (χ0n) is 12.7. The molecule has 0 spiro atoms. The average Bonchev–Trinajstić information content (AvgIpc) is 2.83. The van der Waals surface area contributed by atoms with Crippen LogP contribution in [-0.4, -0.2) is 47.3 Å². The van der Waals surface area contributed by atoms with E-state index < -0.39 is 10.0 Å². The first-order chi connectivity index (χ1) is 9.28. The van der Waals surface area contributed by atoms with E-state index in [0.29, 0.717) is 18.9 Å². The van der Waals surface area contributed by atoms with E-state index in [2.05, 4.69) is 18.9 Å². The van der Waals surface area contributed by atoms with Crippen LogP contribution in [0.15, 0.2) is 17.3 Å². The number of aromatic nitrogens is 2. The van der Waals surface area contributed by atoms with Gasteiger partial charge in [-0.05, 0) is 25.7 Å². The van der Waals surface area contributed by atoms with Crippen LogP contribution in [0.5, 0.6) is 0 Å². The molecule has 1 atom stereocenters. The number of hydrogen-bond acceptors (Lipinski definition) is 4. The number of hydrogen-bond donors (Lipinski definition) is 1. The molecule has 0 saturated carbocycles. The van der Waals surface area contributed by atoms with Gasteiger partial charge in [-0.3, -0.25) is 4.68 Å². The maximum atomic E-state index is 12.5. The summed E-state index contributed by atoms with van der Waals surface area (Å²) in [6.45, 7) is 6.63. The highest BCUT2D eigenvalue weighted by molar-refractivity contribution is 7.89. The number of aliphatic hydroxyl groups excluding tert-OH is 1. The van der Waals surface area contributed by atoms with Crippen molar-refractivity contribution in [2.75, 3.05) is 13.7 Å². The summed E-state index contributed by atoms with van der Waals surface area (Å²) in [5, 5.41) is 12.8. The fraction of sp³-hybridized carbons (Fsp3) is 0.769. The monoisotopic (exact) mass is 303 g/mol. The first kappa shape index (κ1) is 17.1. The van der Waals surface area contributed by atoms with Crippen LogP contribution in [0, 0.1) is 5.92 Å². The van der Waals surface area contributed by atoms with E-state index in [0.717, 1.165) is 6.42 Å². The maximum Gasteiger partial charge on any atom is 0.246 e. The summed E-state index contributed by atoms with van der Waals surface area (Å²) in [7, 11) is -1.90. The van der Waals surface area contributed by atoms with Crippen LogP contribution in [-0.2, 0) is 16.6 Å². The molecule has 1 heterocycles. The Morgan fingerprint density at radius 2 is 2.05 bits per heavy atom. The molecule has 0 aromatic carbocycles. The van der Waals surface area contributed by atoms with Gasteiger partial charge in [-0.1, -0.05) is 13.8 Å². The fourth-order valence-corrected chi connectivity index (χ4v) is 3.39. The lowest BCUT2D eigenvalue weighted by Crippen LogP contribution is -2.35. The van der Waals surface area contributed by atoms with Gasteiger partial charge in [-0.25, -0.2) is 8.42 Å². The van der Waals surface area contributed by atoms with E-state index in [1.807, 2.05) is 6.92 Å². The molecule has 0 aliphatic rings. The van der Waals surface area contributed by atoms with Crippen LogP contribution in [0.2, 0.25) is 0 Å². The summed E-state index contributed by atoms with van der Waals surface area (Å²) in [4.78, 5) is 0.202. The third-order valence-electron chi connectivity index (χ3n) is 3.27. The van der Waals surface area contributed by atoms with Crippen molar-refractivity contribution >= 4 is 10.0 Å². The van der Waals surface area contributed by atoms with E-state index in [1.54, 1.807) is 11.7 Å². The van der Waals surface area contributed by atoms with Gasteiger partial charge in [-0.15, -0.1) is 0 Å². The Labute approximate surface area is 121 Å². The molecule has 0 fully saturated rings. The molecule has 1 aromatic rings. The highest BCUT2D eigenvalue weighted by atomic mass is 32.2. The van der Waals surface area contributed by atoms with Crippen molar-refractivity contribution < 1.29 is 13.5 Å². The molecule has 7 heteroatoms. The second-order valence-corrected chi connectivity index (χ2v) is 7.51. The summed E-state index contributed by atoms with van der Waals surface area (Å²) in [5.74, 6) is 0.440. The van der Waals surface area contributed by atoms with E-state index in [4.69, 9.17) is 5.11 Å². The summed E-state index contributed by atoms with van der Waals surface area (Å²) >= 11 is 0. The number of aryl methyl sites for hydroxylation is 1. The Bertz CT molecular complexity index is 511. The third kappa shape index (κ3) is 4.29. The SMILES string of the molecule is CC(C)CC(C)N(C)S(=O)(=O)c1cnn(CCCO)c1. The van der Waals surface area contributed by atoms with Gasteiger partial charge in [0.1, 0.15) is 4.90 Å². The minimum atomic E-state index is -3.50. The molecule has 1 rings (SSSR count). The molecule has 0 aliphatic heterocycles. The second-order valence-electron chi connectivity index (χ2n) is 5.52. The first-order valence-corrected chi connectivity index (χ1v) is 8.34. The van der Waals surface area contributed by atoms with Gasteiger partial charge in [0.25, 0.3) is 0 Å². The number of aliphatic hydroxyl groups is 1. The second kappa shape index (κ2) is 7.19. The quantitative estimate of drug-likeness (QED) is 0.786. The zero-order chi connectivity index (χ0) is 15.3. The molecule has 6 nitrogen and oxygen atoms in total. The largest absolute Gasteiger partial charge is 0.396 e. The molecule has 1 aromatic heterocycles. The Kier molecular flexibility index (Phi) is 6.16. The molecule has 116 valence electrons. The number of sulfonamides is 1. The minimum absolute atomic E-state index is 0.0548. The molecule has 0 radical (unpaired) electrons. The zero-order valence-corrected chi connectivity index (χ0v) is 13.5. The molecule has 0 bridgehead atoms. The van der Waals surface area contributed by atoms with Crippen LogP contribution >= 0.6 is 0 Å². The highest BCUT2D eigenvalue weighted by Gasteiger charge is 2.27. The smallest absolute Gasteiger partial charge is 0.246 e. The van der Waals surface area contributed by atoms with Crippen molar-refractivity contribution in [2.45, 2.75) is 51.1 Å². The number of nitrogens with zero attached hydrogens (tertiary/aromatic N) is 3. The van der Waals surface area contributed by atoms with Gasteiger partial charge in [0.05, 0.1) is 6.20 Å². The third-order valence-corrected chi connectivity index (χ3v) is 5.19. The van der Waals surface area contributed by atoms with Crippen LogP contribution < -0.4 is 0 Å². The van der Waals surface area contributed by atoms with Crippen LogP contribution in [0.4, 0.5) is 0 Å². The minimum Gasteiger partial charge on any atom is -0.396 e. The van der Waals surface area contributed by atoms with E-state index >= 15 is 0 Å². The molecule has 20 heavy (non-hydrogen) atoms. The lowest BCUT2D eigenvalue weighted by Gasteiger charge is -2.24. The van der Waals surface area contributed by atoms with Crippen LogP contribution in [0.25, 0.3) is 0 Å². The van der Waals surface area contributed by atoms with Gasteiger partial charge in [0, 0.05) is 32.4 Å². The van der Waals surface area contributed by atoms with Crippen molar-refractivity contribution in [3.63, 3.8) is 0 Å². The van der Waals surface area contributed by atoms with Crippen molar-refractivity contribution in [1.29, 1.82) is 0 Å². The topological polar surface area (TPSA) is 75.4 Å². The normalized spacial score (nSPS) is 14.2. The molecule has 1 unspecified atom stereocenters. The van der Waals surface area contributed by atoms with E-state index in [1.165, 1.54) is 16.7 Å². The Morgan fingerprint density at radius 3 is 2.60 bits per heavy atom.